The van der Waals surface area contributed by atoms with Gasteiger partial charge in [0.1, 0.15) is 6.10 Å². The van der Waals surface area contributed by atoms with Crippen LogP contribution in [-0.2, 0) is 19.7 Å². The Bertz CT molecular complexity index is 1290. The third-order valence-corrected chi connectivity index (χ3v) is 9.25. The van der Waals surface area contributed by atoms with Gasteiger partial charge in [-0.1, -0.05) is 74.7 Å². The second kappa shape index (κ2) is 12.0. The summed E-state index contributed by atoms with van der Waals surface area (Å²) >= 11 is 0. The van der Waals surface area contributed by atoms with Gasteiger partial charge in [0.2, 0.25) is 0 Å². The fourth-order valence-corrected chi connectivity index (χ4v) is 6.18. The zero-order valence-corrected chi connectivity index (χ0v) is 25.2. The maximum Gasteiger partial charge on any atom is 0.337 e. The van der Waals surface area contributed by atoms with Crippen molar-refractivity contribution in [3.05, 3.63) is 82.4 Å². The van der Waals surface area contributed by atoms with E-state index in [-0.39, 0.29) is 29.4 Å². The number of hydrogen-bond acceptors (Lipinski definition) is 5. The summed E-state index contributed by atoms with van der Waals surface area (Å²) in [6, 6.07) is 16.0. The molecule has 0 bridgehead atoms. The van der Waals surface area contributed by atoms with Gasteiger partial charge in [0.25, 0.3) is 0 Å². The van der Waals surface area contributed by atoms with Crippen molar-refractivity contribution in [2.24, 2.45) is 11.8 Å². The molecule has 2 aromatic carbocycles. The number of benzene rings is 2. The van der Waals surface area contributed by atoms with Crippen LogP contribution < -0.4 is 5.32 Å². The molecule has 0 unspecified atom stereocenters. The molecule has 0 saturated heterocycles. The van der Waals surface area contributed by atoms with Gasteiger partial charge in [-0.15, -0.1) is 0 Å². The third-order valence-electron chi connectivity index (χ3n) is 9.25. The number of carbonyl (C=O) groups is 2. The van der Waals surface area contributed by atoms with Gasteiger partial charge in [-0.05, 0) is 93.2 Å². The predicted molar refractivity (Wildman–Crippen MR) is 162 cm³/mol. The molecule has 0 amide bonds. The summed E-state index contributed by atoms with van der Waals surface area (Å²) in [4.78, 5) is 26.4. The first-order valence-corrected chi connectivity index (χ1v) is 14.6. The van der Waals surface area contributed by atoms with Crippen molar-refractivity contribution in [1.82, 2.24) is 0 Å². The topological polar surface area (TPSA) is 64.6 Å². The minimum Gasteiger partial charge on any atom is -0.465 e. The second-order valence-corrected chi connectivity index (χ2v) is 12.6. The van der Waals surface area contributed by atoms with E-state index in [9.17, 15) is 9.59 Å². The number of fused-ring (bicyclic) bond motifs is 1. The largest absolute Gasteiger partial charge is 0.465 e. The Morgan fingerprint density at radius 1 is 1.05 bits per heavy atom. The van der Waals surface area contributed by atoms with Gasteiger partial charge in [0, 0.05) is 11.6 Å². The number of nitrogens with one attached hydrogen (secondary N) is 1. The van der Waals surface area contributed by atoms with Crippen molar-refractivity contribution >= 4 is 23.7 Å². The molecule has 1 aliphatic heterocycles. The summed E-state index contributed by atoms with van der Waals surface area (Å²) in [5.74, 6) is 0.0944. The molecule has 2 aromatic rings. The summed E-state index contributed by atoms with van der Waals surface area (Å²) < 4.78 is 11.5. The Labute approximate surface area is 240 Å². The molecular weight excluding hydrogens is 498 g/mol. The van der Waals surface area contributed by atoms with Gasteiger partial charge in [0.15, 0.2) is 5.54 Å². The molecule has 0 aromatic heterocycles. The van der Waals surface area contributed by atoms with E-state index in [0.717, 1.165) is 36.9 Å². The van der Waals surface area contributed by atoms with Gasteiger partial charge in [-0.3, -0.25) is 0 Å². The Hall–Kier alpha value is -3.34. The predicted octanol–water partition coefficient (Wildman–Crippen LogP) is 8.11. The van der Waals surface area contributed by atoms with Crippen molar-refractivity contribution in [3.63, 3.8) is 0 Å². The van der Waals surface area contributed by atoms with E-state index in [0.29, 0.717) is 17.9 Å². The molecular formula is C35H45NO4. The first-order valence-electron chi connectivity index (χ1n) is 14.6. The third kappa shape index (κ3) is 6.19. The molecule has 4 atom stereocenters. The number of rotatable bonds is 8. The quantitative estimate of drug-likeness (QED) is 0.269. The van der Waals surface area contributed by atoms with Crippen molar-refractivity contribution in [2.45, 2.75) is 90.7 Å². The van der Waals surface area contributed by atoms with Crippen molar-refractivity contribution in [2.75, 3.05) is 12.4 Å². The van der Waals surface area contributed by atoms with E-state index in [4.69, 9.17) is 9.47 Å². The molecule has 1 N–H and O–H groups in total. The standard InChI is InChI=1S/C35H45NO4/c1-23(2)25(4)17-19-35(20-18-26-22-27(32(37)39-7)14-16-30(26)36-35)33(38)40-31-21-24(3)13-15-29(31)34(5,6)28-11-9-8-10-12-28/h8-12,14,16,18,20,22,24,29,31,36H,13,15,17,19,21H2,1-7H3/t24-,29-,31-,35-/m1/s1. The average Bonchev–Trinajstić information content (AvgIpc) is 2.95. The molecule has 4 rings (SSSR count). The summed E-state index contributed by atoms with van der Waals surface area (Å²) in [6.45, 7) is 13.2. The molecule has 0 radical (unpaired) electrons. The lowest BCUT2D eigenvalue weighted by molar-refractivity contribution is -0.160. The van der Waals surface area contributed by atoms with Gasteiger partial charge < -0.3 is 14.8 Å². The second-order valence-electron chi connectivity index (χ2n) is 12.6. The molecule has 1 heterocycles. The Morgan fingerprint density at radius 2 is 1.77 bits per heavy atom. The number of allylic oxidation sites excluding steroid dienone is 2. The Kier molecular flexibility index (Phi) is 8.92. The van der Waals surface area contributed by atoms with Crippen LogP contribution in [0.1, 0.15) is 95.1 Å². The fraction of sp³-hybridized carbons (Fsp3) is 0.486. The molecule has 40 heavy (non-hydrogen) atoms. The molecule has 1 saturated carbocycles. The minimum absolute atomic E-state index is 0.134. The van der Waals surface area contributed by atoms with E-state index in [2.05, 4.69) is 71.1 Å². The lowest BCUT2D eigenvalue weighted by atomic mass is 9.64. The minimum atomic E-state index is -1.00. The van der Waals surface area contributed by atoms with E-state index in [1.807, 2.05) is 24.3 Å². The summed E-state index contributed by atoms with van der Waals surface area (Å²) in [5, 5.41) is 3.54. The van der Waals surface area contributed by atoms with E-state index in [1.54, 1.807) is 12.1 Å². The summed E-state index contributed by atoms with van der Waals surface area (Å²) in [6.07, 6.45) is 8.05. The van der Waals surface area contributed by atoms with Gasteiger partial charge in [0.05, 0.1) is 12.7 Å². The molecule has 0 spiro atoms. The lowest BCUT2D eigenvalue weighted by Crippen LogP contribution is -2.51. The van der Waals surface area contributed by atoms with Crippen LogP contribution in [0.2, 0.25) is 0 Å². The molecule has 5 heteroatoms. The van der Waals surface area contributed by atoms with Gasteiger partial charge in [-0.2, -0.15) is 0 Å². The van der Waals surface area contributed by atoms with Crippen LogP contribution >= 0.6 is 0 Å². The van der Waals surface area contributed by atoms with Crippen LogP contribution in [0.3, 0.4) is 0 Å². The highest BCUT2D eigenvalue weighted by molar-refractivity contribution is 5.95. The lowest BCUT2D eigenvalue weighted by Gasteiger charge is -2.45. The van der Waals surface area contributed by atoms with E-state index in [1.165, 1.54) is 23.8 Å². The average molecular weight is 544 g/mol. The normalized spacial score (nSPS) is 23.9. The number of esters is 2. The number of hydrogen-bond donors (Lipinski definition) is 1. The highest BCUT2D eigenvalue weighted by Gasteiger charge is 2.46. The zero-order chi connectivity index (χ0) is 29.1. The van der Waals surface area contributed by atoms with Crippen LogP contribution in [0.4, 0.5) is 5.69 Å². The Morgan fingerprint density at radius 3 is 2.45 bits per heavy atom. The van der Waals surface area contributed by atoms with E-state index < -0.39 is 5.54 Å². The van der Waals surface area contributed by atoms with Crippen LogP contribution in [0, 0.1) is 11.8 Å². The Balaban J connectivity index is 1.65. The van der Waals surface area contributed by atoms with Crippen LogP contribution in [-0.4, -0.2) is 30.7 Å². The van der Waals surface area contributed by atoms with Crippen LogP contribution in [0.5, 0.6) is 0 Å². The highest BCUT2D eigenvalue weighted by atomic mass is 16.5. The van der Waals surface area contributed by atoms with Crippen molar-refractivity contribution in [1.29, 1.82) is 0 Å². The van der Waals surface area contributed by atoms with Crippen LogP contribution in [0.25, 0.3) is 6.08 Å². The molecule has 214 valence electrons. The number of ether oxygens (including phenoxy) is 2. The molecule has 2 aliphatic rings. The maximum absolute atomic E-state index is 14.3. The summed E-state index contributed by atoms with van der Waals surface area (Å²) in [7, 11) is 1.38. The SMILES string of the molecule is COC(=O)c1ccc2c(c1)C=C[C@](CCC(C)=C(C)C)(C(=O)O[C@@H]1C[C@H](C)CC[C@H]1C(C)(C)c1ccccc1)N2. The first kappa shape index (κ1) is 29.6. The summed E-state index contributed by atoms with van der Waals surface area (Å²) in [5.41, 5.74) is 4.80. The number of anilines is 1. The van der Waals surface area contributed by atoms with Gasteiger partial charge in [-0.25, -0.2) is 9.59 Å². The number of methoxy groups -OCH3 is 1. The van der Waals surface area contributed by atoms with Crippen LogP contribution in [0.15, 0.2) is 65.8 Å². The van der Waals surface area contributed by atoms with Crippen molar-refractivity contribution < 1.29 is 19.1 Å². The zero-order valence-electron chi connectivity index (χ0n) is 25.2. The smallest absolute Gasteiger partial charge is 0.337 e. The fourth-order valence-electron chi connectivity index (χ4n) is 6.18. The highest BCUT2D eigenvalue weighted by Crippen LogP contribution is 2.44. The number of carbonyl (C=O) groups excluding carboxylic acids is 2. The maximum atomic E-state index is 14.3. The molecule has 1 fully saturated rings. The van der Waals surface area contributed by atoms with E-state index >= 15 is 0 Å². The van der Waals surface area contributed by atoms with Gasteiger partial charge >= 0.3 is 11.9 Å². The monoisotopic (exact) mass is 543 g/mol. The molecule has 1 aliphatic carbocycles. The van der Waals surface area contributed by atoms with Crippen molar-refractivity contribution in [3.8, 4) is 0 Å². The molecule has 5 nitrogen and oxygen atoms in total. The first-order chi connectivity index (χ1) is 19.0.